The van der Waals surface area contributed by atoms with E-state index in [0.29, 0.717) is 24.6 Å². The number of methoxy groups -OCH3 is 1. The SMILES string of the molecule is COC(=O)C1=C(C)NC(C)C(CCOC(=O)c2ccc(OCCn3ccnc3)cc2)(C(=O)O)C1c1ccccc1[N+](=O)[O-]. The van der Waals surface area contributed by atoms with Crippen molar-refractivity contribution in [2.24, 2.45) is 5.41 Å². The smallest absolute Gasteiger partial charge is 0.338 e. The number of carboxylic acids is 1. The lowest BCUT2D eigenvalue weighted by Gasteiger charge is -2.46. The predicted molar refractivity (Wildman–Crippen MR) is 152 cm³/mol. The number of carbonyl (C=O) groups is 3. The van der Waals surface area contributed by atoms with Gasteiger partial charge in [0.25, 0.3) is 5.69 Å². The lowest BCUT2D eigenvalue weighted by atomic mass is 9.60. The molecule has 2 heterocycles. The fraction of sp³-hybridized carbons (Fsp3) is 0.333. The van der Waals surface area contributed by atoms with E-state index in [-0.39, 0.29) is 35.4 Å². The molecule has 13 heteroatoms. The number of aliphatic carboxylic acids is 1. The topological polar surface area (TPSA) is 172 Å². The molecule has 13 nitrogen and oxygen atoms in total. The Bertz CT molecular complexity index is 1520. The third kappa shape index (κ3) is 6.35. The van der Waals surface area contributed by atoms with Crippen LogP contribution in [-0.2, 0) is 25.6 Å². The normalized spacial score (nSPS) is 19.7. The fourth-order valence-electron chi connectivity index (χ4n) is 5.51. The van der Waals surface area contributed by atoms with Crippen LogP contribution in [0.2, 0.25) is 0 Å². The number of esters is 2. The Labute approximate surface area is 247 Å². The molecule has 0 saturated carbocycles. The Kier molecular flexibility index (Phi) is 9.43. The van der Waals surface area contributed by atoms with Crippen LogP contribution in [0.5, 0.6) is 5.75 Å². The Morgan fingerprint density at radius 1 is 1.12 bits per heavy atom. The number of hydrogen-bond donors (Lipinski definition) is 2. The van der Waals surface area contributed by atoms with Crippen LogP contribution in [0, 0.1) is 15.5 Å². The molecule has 0 saturated heterocycles. The molecule has 2 aromatic carbocycles. The summed E-state index contributed by atoms with van der Waals surface area (Å²) in [6.07, 6.45) is 4.91. The van der Waals surface area contributed by atoms with Crippen molar-refractivity contribution < 1.29 is 38.6 Å². The van der Waals surface area contributed by atoms with Gasteiger partial charge >= 0.3 is 17.9 Å². The standard InChI is InChI=1S/C30H32N4O9/c1-19-25(28(36)41-3)26(23-6-4-5-7-24(23)34(39)40)30(29(37)38,20(2)32-19)12-16-43-27(35)21-8-10-22(11-9-21)42-17-15-33-14-13-31-18-33/h4-11,13-14,18,20,26,32H,12,15-17H2,1-3H3,(H,37,38). The van der Waals surface area contributed by atoms with E-state index >= 15 is 0 Å². The fourth-order valence-corrected chi connectivity index (χ4v) is 5.51. The summed E-state index contributed by atoms with van der Waals surface area (Å²) in [5, 5.41) is 25.7. The van der Waals surface area contributed by atoms with E-state index in [4.69, 9.17) is 14.2 Å². The van der Waals surface area contributed by atoms with Crippen molar-refractivity contribution in [3.63, 3.8) is 0 Å². The maximum atomic E-state index is 13.1. The van der Waals surface area contributed by atoms with Gasteiger partial charge in [-0.2, -0.15) is 0 Å². The first kappa shape index (κ1) is 30.8. The largest absolute Gasteiger partial charge is 0.492 e. The molecule has 0 aliphatic carbocycles. The number of hydrogen-bond acceptors (Lipinski definition) is 10. The second kappa shape index (κ2) is 13.2. The number of rotatable bonds is 12. The third-order valence-corrected chi connectivity index (χ3v) is 7.68. The van der Waals surface area contributed by atoms with Crippen LogP contribution in [0.1, 0.15) is 42.1 Å². The van der Waals surface area contributed by atoms with Gasteiger partial charge in [-0.1, -0.05) is 18.2 Å². The summed E-state index contributed by atoms with van der Waals surface area (Å²) in [5.74, 6) is -3.57. The van der Waals surface area contributed by atoms with Gasteiger partial charge in [0.2, 0.25) is 0 Å². The van der Waals surface area contributed by atoms with Crippen molar-refractivity contribution >= 4 is 23.6 Å². The molecule has 0 fully saturated rings. The molecule has 0 bridgehead atoms. The van der Waals surface area contributed by atoms with Crippen molar-refractivity contribution in [1.82, 2.24) is 14.9 Å². The predicted octanol–water partition coefficient (Wildman–Crippen LogP) is 3.71. The first-order valence-electron chi connectivity index (χ1n) is 13.5. The molecule has 1 aromatic heterocycles. The van der Waals surface area contributed by atoms with E-state index in [1.54, 1.807) is 38.5 Å². The molecule has 0 amide bonds. The van der Waals surface area contributed by atoms with Crippen LogP contribution in [0.4, 0.5) is 5.69 Å². The highest BCUT2D eigenvalue weighted by Gasteiger charge is 2.57. The molecule has 1 aliphatic heterocycles. The molecule has 2 N–H and O–H groups in total. The van der Waals surface area contributed by atoms with E-state index in [0.717, 1.165) is 7.11 Å². The molecular weight excluding hydrogens is 560 g/mol. The Morgan fingerprint density at radius 3 is 2.47 bits per heavy atom. The maximum Gasteiger partial charge on any atom is 0.338 e. The van der Waals surface area contributed by atoms with Crippen molar-refractivity contribution in [3.8, 4) is 5.75 Å². The van der Waals surface area contributed by atoms with Crippen LogP contribution in [0.3, 0.4) is 0 Å². The quantitative estimate of drug-likeness (QED) is 0.178. The molecule has 4 rings (SSSR count). The summed E-state index contributed by atoms with van der Waals surface area (Å²) in [4.78, 5) is 54.3. The van der Waals surface area contributed by atoms with E-state index < -0.39 is 40.2 Å². The van der Waals surface area contributed by atoms with Gasteiger partial charge in [-0.15, -0.1) is 0 Å². The number of benzene rings is 2. The van der Waals surface area contributed by atoms with Gasteiger partial charge in [-0.3, -0.25) is 14.9 Å². The zero-order chi connectivity index (χ0) is 31.1. The number of para-hydroxylation sites is 1. The summed E-state index contributed by atoms with van der Waals surface area (Å²) >= 11 is 0. The van der Waals surface area contributed by atoms with Gasteiger partial charge in [-0.05, 0) is 38.1 Å². The first-order chi connectivity index (χ1) is 20.6. The molecule has 3 aromatic rings. The summed E-state index contributed by atoms with van der Waals surface area (Å²) in [6, 6.07) is 11.2. The van der Waals surface area contributed by atoms with E-state index in [9.17, 15) is 29.6 Å². The van der Waals surface area contributed by atoms with Gasteiger partial charge in [0.15, 0.2) is 0 Å². The second-order valence-corrected chi connectivity index (χ2v) is 10.1. The number of nitro groups is 1. The second-order valence-electron chi connectivity index (χ2n) is 10.1. The van der Waals surface area contributed by atoms with Crippen molar-refractivity contribution in [1.29, 1.82) is 0 Å². The number of nitrogens with zero attached hydrogens (tertiary/aromatic N) is 3. The number of carbonyl (C=O) groups excluding carboxylic acids is 2. The molecule has 226 valence electrons. The van der Waals surface area contributed by atoms with Crippen LogP contribution in [-0.4, -0.2) is 63.9 Å². The average molecular weight is 593 g/mol. The minimum absolute atomic E-state index is 0.0398. The highest BCUT2D eigenvalue weighted by Crippen LogP contribution is 2.52. The van der Waals surface area contributed by atoms with Crippen LogP contribution >= 0.6 is 0 Å². The average Bonchev–Trinajstić information content (AvgIpc) is 3.51. The van der Waals surface area contributed by atoms with Crippen LogP contribution < -0.4 is 10.1 Å². The number of ether oxygens (including phenoxy) is 3. The minimum Gasteiger partial charge on any atom is -0.492 e. The van der Waals surface area contributed by atoms with Crippen molar-refractivity contribution in [2.75, 3.05) is 20.3 Å². The van der Waals surface area contributed by atoms with E-state index in [1.807, 2.05) is 10.8 Å². The van der Waals surface area contributed by atoms with Crippen LogP contribution in [0.15, 0.2) is 78.5 Å². The third-order valence-electron chi connectivity index (χ3n) is 7.68. The molecule has 0 spiro atoms. The monoisotopic (exact) mass is 592 g/mol. The summed E-state index contributed by atoms with van der Waals surface area (Å²) in [6.45, 7) is 3.85. The summed E-state index contributed by atoms with van der Waals surface area (Å²) < 4.78 is 18.0. The van der Waals surface area contributed by atoms with Gasteiger partial charge in [0.05, 0.1) is 42.6 Å². The minimum atomic E-state index is -1.83. The summed E-state index contributed by atoms with van der Waals surface area (Å²) in [5.41, 5.74) is -1.62. The zero-order valence-electron chi connectivity index (χ0n) is 23.9. The first-order valence-corrected chi connectivity index (χ1v) is 13.5. The van der Waals surface area contributed by atoms with Crippen molar-refractivity contribution in [3.05, 3.63) is 99.8 Å². The molecular formula is C30H32N4O9. The summed E-state index contributed by atoms with van der Waals surface area (Å²) in [7, 11) is 1.15. The molecule has 3 atom stereocenters. The van der Waals surface area contributed by atoms with Crippen molar-refractivity contribution in [2.45, 2.75) is 38.8 Å². The number of nitrogens with one attached hydrogen (secondary N) is 1. The maximum absolute atomic E-state index is 13.1. The van der Waals surface area contributed by atoms with Gasteiger partial charge in [0.1, 0.15) is 17.8 Å². The lowest BCUT2D eigenvalue weighted by molar-refractivity contribution is -0.385. The number of aromatic nitrogens is 2. The molecule has 3 unspecified atom stereocenters. The van der Waals surface area contributed by atoms with Gasteiger partial charge < -0.3 is 29.2 Å². The Balaban J connectivity index is 1.56. The number of nitro benzene ring substituents is 1. The molecule has 43 heavy (non-hydrogen) atoms. The Morgan fingerprint density at radius 2 is 1.84 bits per heavy atom. The van der Waals surface area contributed by atoms with Gasteiger partial charge in [-0.25, -0.2) is 14.6 Å². The van der Waals surface area contributed by atoms with Gasteiger partial charge in [0, 0.05) is 48.1 Å². The highest BCUT2D eigenvalue weighted by atomic mass is 16.6. The molecule has 1 aliphatic rings. The van der Waals surface area contributed by atoms with E-state index in [2.05, 4.69) is 10.3 Å². The zero-order valence-corrected chi connectivity index (χ0v) is 23.9. The lowest BCUT2D eigenvalue weighted by Crippen LogP contribution is -2.57. The highest BCUT2D eigenvalue weighted by molar-refractivity contribution is 5.94. The molecule has 0 radical (unpaired) electrons. The van der Waals surface area contributed by atoms with Crippen LogP contribution in [0.25, 0.3) is 0 Å². The van der Waals surface area contributed by atoms with E-state index in [1.165, 1.54) is 36.4 Å². The number of carboxylic acid groups (broad SMARTS) is 1. The number of allylic oxidation sites excluding steroid dienone is 1. The Hall–Kier alpha value is -5.20. The number of imidazole rings is 1.